The van der Waals surface area contributed by atoms with Crippen molar-refractivity contribution in [1.82, 2.24) is 24.6 Å². The van der Waals surface area contributed by atoms with Crippen molar-refractivity contribution in [1.29, 1.82) is 0 Å². The van der Waals surface area contributed by atoms with Gasteiger partial charge >= 0.3 is 51.4 Å². The number of hydroxylamine groups is 1. The molecule has 0 radical (unpaired) electrons. The smallest absolute Gasteiger partial charge is 0.388 e. The normalized spacial score (nSPS) is 20.3. The molecule has 0 bridgehead atoms. The molecule has 250 valence electrons. The van der Waals surface area contributed by atoms with E-state index >= 15 is 0 Å². The minimum atomic E-state index is -1.23. The van der Waals surface area contributed by atoms with Gasteiger partial charge in [-0.3, -0.25) is 9.36 Å². The third-order valence-corrected chi connectivity index (χ3v) is 9.49. The Morgan fingerprint density at radius 3 is 2.40 bits per heavy atom. The summed E-state index contributed by atoms with van der Waals surface area (Å²) in [5, 5.41) is 24.9. The van der Waals surface area contributed by atoms with E-state index in [0.29, 0.717) is 23.9 Å². The number of nitrogens with one attached hydrogen (secondary N) is 1. The number of benzene rings is 2. The molecule has 2 atom stereocenters. The van der Waals surface area contributed by atoms with E-state index in [9.17, 15) is 15.0 Å². The summed E-state index contributed by atoms with van der Waals surface area (Å²) in [4.78, 5) is 28.5. The van der Waals surface area contributed by atoms with Gasteiger partial charge in [0.15, 0.2) is 5.84 Å². The molecule has 11 nitrogen and oxygen atoms in total. The summed E-state index contributed by atoms with van der Waals surface area (Å²) >= 11 is 0. The van der Waals surface area contributed by atoms with Crippen LogP contribution in [0.5, 0.6) is 0 Å². The number of aliphatic hydroxyl groups excluding tert-OH is 1. The van der Waals surface area contributed by atoms with Crippen LogP contribution in [0.25, 0.3) is 16.9 Å². The second kappa shape index (κ2) is 15.7. The molecule has 6 rings (SSSR count). The molecule has 48 heavy (non-hydrogen) atoms. The quantitative estimate of drug-likeness (QED) is 0.205. The summed E-state index contributed by atoms with van der Waals surface area (Å²) < 4.78 is 10.0. The first-order valence-electron chi connectivity index (χ1n) is 16.8. The zero-order valence-corrected chi connectivity index (χ0v) is 32.1. The Kier molecular flexibility index (Phi) is 12.1. The van der Waals surface area contributed by atoms with Gasteiger partial charge in [0.05, 0.1) is 23.5 Å². The van der Waals surface area contributed by atoms with E-state index in [0.717, 1.165) is 78.5 Å². The van der Waals surface area contributed by atoms with Gasteiger partial charge in [0, 0.05) is 23.6 Å². The minimum absolute atomic E-state index is 0. The molecule has 0 amide bonds. The number of aryl methyl sites for hydroxylation is 2. The van der Waals surface area contributed by atoms with Gasteiger partial charge in [-0.15, -0.1) is 0 Å². The first-order valence-corrected chi connectivity index (χ1v) is 16.8. The molecule has 1 fully saturated rings. The van der Waals surface area contributed by atoms with E-state index in [1.54, 1.807) is 13.8 Å². The van der Waals surface area contributed by atoms with E-state index in [-0.39, 0.29) is 75.2 Å². The van der Waals surface area contributed by atoms with Crippen molar-refractivity contribution in [3.63, 3.8) is 0 Å². The fraction of sp³-hybridized carbons (Fsp3) is 0.500. The molecule has 3 N–H and O–H groups in total. The number of aliphatic hydroxyl groups is 2. The Labute approximate surface area is 324 Å². The third-order valence-electron chi connectivity index (χ3n) is 9.49. The van der Waals surface area contributed by atoms with E-state index in [1.807, 2.05) is 47.2 Å². The fourth-order valence-corrected chi connectivity index (χ4v) is 6.57. The molecule has 3 heterocycles. The Bertz CT molecular complexity index is 1800. The van der Waals surface area contributed by atoms with Crippen LogP contribution < -0.4 is 62.4 Å². The predicted molar refractivity (Wildman–Crippen MR) is 180 cm³/mol. The molecule has 2 aliphatic rings. The van der Waals surface area contributed by atoms with Gasteiger partial charge in [-0.05, 0) is 82.9 Å². The molecule has 12 heteroatoms. The van der Waals surface area contributed by atoms with Crippen LogP contribution in [0.1, 0.15) is 100 Å². The van der Waals surface area contributed by atoms with Crippen LogP contribution in [0.4, 0.5) is 0 Å². The first kappa shape index (κ1) is 37.0. The van der Waals surface area contributed by atoms with Crippen molar-refractivity contribution in [3.8, 4) is 11.1 Å². The maximum atomic E-state index is 14.5. The second-order valence-electron chi connectivity index (χ2n) is 13.4. The Morgan fingerprint density at radius 1 is 1.08 bits per heavy atom. The molecule has 2 aromatic heterocycles. The molecule has 1 aliphatic heterocycles. The van der Waals surface area contributed by atoms with E-state index in [1.165, 1.54) is 0 Å². The summed E-state index contributed by atoms with van der Waals surface area (Å²) in [5.74, 6) is 1.73. The average Bonchev–Trinajstić information content (AvgIpc) is 3.66. The zero-order valence-electron chi connectivity index (χ0n) is 28.9. The number of nitrogens with zero attached hydrogens (tertiary/aromatic N) is 5. The molecule has 4 aromatic rings. The molecule has 0 spiro atoms. The van der Waals surface area contributed by atoms with Crippen LogP contribution in [0.2, 0.25) is 0 Å². The number of aromatic nitrogens is 4. The first-order chi connectivity index (χ1) is 22.5. The van der Waals surface area contributed by atoms with Crippen molar-refractivity contribution < 1.29 is 71.2 Å². The number of hydrogen-bond donors (Lipinski definition) is 3. The number of amidine groups is 1. The van der Waals surface area contributed by atoms with Crippen molar-refractivity contribution in [2.75, 3.05) is 0 Å². The SMILES string of the molecule is CCCCc1c(Cc2ccc(-c3ccccc3C3=NC(O)ON3)cc2)c(=O)n(C2CCC(OC(C)C(C)(C)O)CC2)c2nc(C)nn12.[K+]. The zero-order chi connectivity index (χ0) is 33.3. The van der Waals surface area contributed by atoms with E-state index < -0.39 is 12.0 Å². The van der Waals surface area contributed by atoms with Crippen LogP contribution in [-0.2, 0) is 22.4 Å². The second-order valence-corrected chi connectivity index (χ2v) is 13.4. The number of hydrogen-bond acceptors (Lipinski definition) is 9. The molecule has 1 aliphatic carbocycles. The van der Waals surface area contributed by atoms with E-state index in [2.05, 4.69) is 41.7 Å². The van der Waals surface area contributed by atoms with Gasteiger partial charge in [-0.1, -0.05) is 61.9 Å². The minimum Gasteiger partial charge on any atom is -0.388 e. The largest absolute Gasteiger partial charge is 1.00 e. The fourth-order valence-electron chi connectivity index (χ4n) is 6.57. The molecular weight excluding hydrogens is 636 g/mol. The Hall–Kier alpha value is -2.26. The van der Waals surface area contributed by atoms with Crippen LogP contribution in [0, 0.1) is 6.92 Å². The maximum Gasteiger partial charge on any atom is 1.00 e. The third kappa shape index (κ3) is 8.03. The van der Waals surface area contributed by atoms with Gasteiger partial charge < -0.3 is 14.9 Å². The van der Waals surface area contributed by atoms with Gasteiger partial charge in [0.1, 0.15) is 5.82 Å². The van der Waals surface area contributed by atoms with Gasteiger partial charge in [0.2, 0.25) is 5.78 Å². The summed E-state index contributed by atoms with van der Waals surface area (Å²) in [6.45, 7) is 9.48. The van der Waals surface area contributed by atoms with Crippen molar-refractivity contribution in [2.24, 2.45) is 4.99 Å². The number of aliphatic imine (C=N–C) groups is 1. The van der Waals surface area contributed by atoms with E-state index in [4.69, 9.17) is 19.7 Å². The number of fused-ring (bicyclic) bond motifs is 1. The van der Waals surface area contributed by atoms with Gasteiger partial charge in [0.25, 0.3) is 12.0 Å². The Morgan fingerprint density at radius 2 is 1.77 bits per heavy atom. The molecule has 2 aromatic carbocycles. The van der Waals surface area contributed by atoms with Crippen molar-refractivity contribution in [2.45, 2.75) is 116 Å². The van der Waals surface area contributed by atoms with Crippen LogP contribution in [0.3, 0.4) is 0 Å². The topological polar surface area (TPSA) is 136 Å². The molecule has 0 saturated heterocycles. The number of rotatable bonds is 11. The van der Waals surface area contributed by atoms with Crippen molar-refractivity contribution in [3.05, 3.63) is 87.1 Å². The summed E-state index contributed by atoms with van der Waals surface area (Å²) in [6.07, 6.45) is 4.87. The summed E-state index contributed by atoms with van der Waals surface area (Å²) in [7, 11) is 0. The summed E-state index contributed by atoms with van der Waals surface area (Å²) in [5.41, 5.74) is 7.26. The monoisotopic (exact) mass is 681 g/mol. The standard InChI is InChI=1S/C36H46N6O5.K/c1-6-7-12-31-30(21-24-13-15-25(16-14-24)28-10-8-9-11-29(28)32-38-35(44)47-40-32)33(43)41(34-37-23(3)39-42(31)34)26-17-19-27(20-18-26)46-22(2)36(4,5)45;/h8-11,13-16,22,26-27,35,44-45H,6-7,12,17-21H2,1-5H3,(H,38,40);/q;+1. The van der Waals surface area contributed by atoms with Crippen LogP contribution >= 0.6 is 0 Å². The predicted octanol–water partition coefficient (Wildman–Crippen LogP) is 2.02. The van der Waals surface area contributed by atoms with Gasteiger partial charge in [-0.2, -0.15) is 10.1 Å². The molecular formula is C36H46KN6O5+. The Balaban J connectivity index is 0.00000451. The molecule has 1 saturated carbocycles. The number of unbranched alkanes of at least 4 members (excludes halogenated alkanes) is 1. The summed E-state index contributed by atoms with van der Waals surface area (Å²) in [6, 6.07) is 16.1. The number of ether oxygens (including phenoxy) is 1. The van der Waals surface area contributed by atoms with Crippen LogP contribution in [-0.4, -0.2) is 59.4 Å². The van der Waals surface area contributed by atoms with Gasteiger partial charge in [-0.25, -0.2) is 19.8 Å². The molecule has 2 unspecified atom stereocenters. The van der Waals surface area contributed by atoms with Crippen molar-refractivity contribution >= 4 is 11.6 Å². The maximum absolute atomic E-state index is 14.5. The average molecular weight is 682 g/mol. The van der Waals surface area contributed by atoms with Crippen LogP contribution in [0.15, 0.2) is 58.3 Å².